The van der Waals surface area contributed by atoms with Gasteiger partial charge in [-0.15, -0.1) is 0 Å². The van der Waals surface area contributed by atoms with Gasteiger partial charge in [-0.25, -0.2) is 8.42 Å². The molecule has 3 aromatic carbocycles. The first-order valence-corrected chi connectivity index (χ1v) is 15.0. The summed E-state index contributed by atoms with van der Waals surface area (Å²) in [4.78, 5) is 26.6. The third-order valence-electron chi connectivity index (χ3n) is 5.62. The highest BCUT2D eigenvalue weighted by Crippen LogP contribution is 2.45. The van der Waals surface area contributed by atoms with Gasteiger partial charge < -0.3 is 14.0 Å². The number of esters is 2. The molecule has 0 unspecified atom stereocenters. The van der Waals surface area contributed by atoms with E-state index < -0.39 is 45.8 Å². The molecule has 1 aliphatic carbocycles. The molecule has 0 radical (unpaired) electrons. The van der Waals surface area contributed by atoms with Crippen LogP contribution < -0.4 is 4.74 Å². The zero-order valence-electron chi connectivity index (χ0n) is 18.3. The number of benzene rings is 3. The van der Waals surface area contributed by atoms with Gasteiger partial charge in [-0.05, 0) is 102 Å². The van der Waals surface area contributed by atoms with Crippen LogP contribution in [0.5, 0.6) is 5.75 Å². The molecule has 0 saturated carbocycles. The molecule has 0 amide bonds. The van der Waals surface area contributed by atoms with Gasteiger partial charge in [0, 0.05) is 3.57 Å². The Hall–Kier alpha value is -1.44. The van der Waals surface area contributed by atoms with Crippen LogP contribution in [-0.2, 0) is 24.4 Å². The average molecular weight is 865 g/mol. The summed E-state index contributed by atoms with van der Waals surface area (Å²) in [7, 11) is -6.03. The van der Waals surface area contributed by atoms with Gasteiger partial charge >= 0.3 is 17.2 Å². The molecule has 0 fully saturated rings. The van der Waals surface area contributed by atoms with Crippen LogP contribution in [0.3, 0.4) is 0 Å². The fourth-order valence-electron chi connectivity index (χ4n) is 4.01. The number of hydrogen-bond acceptors (Lipinski definition) is 7. The van der Waals surface area contributed by atoms with Gasteiger partial charge in [0.05, 0.1) is 7.14 Å². The van der Waals surface area contributed by atoms with E-state index in [4.69, 9.17) is 4.74 Å². The molecule has 4 rings (SSSR count). The van der Waals surface area contributed by atoms with Crippen LogP contribution in [0.25, 0.3) is 0 Å². The van der Waals surface area contributed by atoms with Crippen molar-refractivity contribution in [3.05, 3.63) is 93.6 Å². The van der Waals surface area contributed by atoms with E-state index in [1.165, 1.54) is 0 Å². The second-order valence-electron chi connectivity index (χ2n) is 7.94. The van der Waals surface area contributed by atoms with Crippen LogP contribution >= 0.6 is 67.8 Å². The van der Waals surface area contributed by atoms with E-state index >= 15 is 0 Å². The summed E-state index contributed by atoms with van der Waals surface area (Å²) in [5.74, 6) is -3.57. The monoisotopic (exact) mass is 865 g/mol. The molecule has 3 aromatic rings. The molecule has 0 aromatic heterocycles. The van der Waals surface area contributed by atoms with Gasteiger partial charge in [-0.3, -0.25) is 9.59 Å². The van der Waals surface area contributed by atoms with Crippen molar-refractivity contribution < 1.29 is 40.8 Å². The summed E-state index contributed by atoms with van der Waals surface area (Å²) in [6.45, 7) is -1.92. The first-order chi connectivity index (χ1) is 17.3. The van der Waals surface area contributed by atoms with E-state index in [-0.39, 0.29) is 0 Å². The quantitative estimate of drug-likeness (QED) is 0.142. The van der Waals surface area contributed by atoms with Gasteiger partial charge in [0.25, 0.3) is 0 Å². The lowest BCUT2D eigenvalue weighted by atomic mass is 9.72. The third-order valence-corrected chi connectivity index (χ3v) is 8.70. The van der Waals surface area contributed by atoms with Crippen molar-refractivity contribution in [2.75, 3.05) is 6.61 Å². The third kappa shape index (κ3) is 5.79. The summed E-state index contributed by atoms with van der Waals surface area (Å²) in [5, 5.41) is -4.79. The van der Waals surface area contributed by atoms with Crippen LogP contribution in [0.15, 0.2) is 60.7 Å². The average Bonchev–Trinajstić information content (AvgIpc) is 2.82. The molecule has 0 saturated heterocycles. The van der Waals surface area contributed by atoms with Crippen LogP contribution in [-0.4, -0.2) is 36.8 Å². The molecule has 0 heterocycles. The van der Waals surface area contributed by atoms with E-state index in [2.05, 4.69) is 72.5 Å². The SMILES string of the molecule is O=C(OCC(F)(F)S(=O)(=O)[O-])C1c2ccccc2C(C(=O)Oc2c(I)cc(I)cc2I)c2ccccc21. The van der Waals surface area contributed by atoms with Crippen molar-refractivity contribution in [2.24, 2.45) is 0 Å². The molecule has 0 atom stereocenters. The molecule has 0 N–H and O–H groups in total. The van der Waals surface area contributed by atoms with Crippen LogP contribution in [0, 0.1) is 10.7 Å². The lowest BCUT2D eigenvalue weighted by Crippen LogP contribution is -2.37. The predicted octanol–water partition coefficient (Wildman–Crippen LogP) is 5.36. The lowest BCUT2D eigenvalue weighted by molar-refractivity contribution is -0.150. The van der Waals surface area contributed by atoms with Crippen molar-refractivity contribution >= 4 is 89.8 Å². The summed E-state index contributed by atoms with van der Waals surface area (Å²) in [6.07, 6.45) is 0. The minimum absolute atomic E-state index is 0.313. The van der Waals surface area contributed by atoms with E-state index in [0.717, 1.165) is 10.7 Å². The number of carbonyl (C=O) groups excluding carboxylic acids is 2. The Labute approximate surface area is 251 Å². The number of rotatable bonds is 6. The first-order valence-electron chi connectivity index (χ1n) is 10.4. The first kappa shape index (κ1) is 28.6. The molecule has 37 heavy (non-hydrogen) atoms. The molecule has 0 aliphatic heterocycles. The van der Waals surface area contributed by atoms with Crippen LogP contribution in [0.1, 0.15) is 34.1 Å². The summed E-state index contributed by atoms with van der Waals surface area (Å²) >= 11 is 6.31. The Morgan fingerprint density at radius 2 is 1.24 bits per heavy atom. The molecule has 13 heteroatoms. The largest absolute Gasteiger partial charge is 0.743 e. The summed E-state index contributed by atoms with van der Waals surface area (Å²) < 4.78 is 72.7. The Morgan fingerprint density at radius 3 is 1.65 bits per heavy atom. The van der Waals surface area contributed by atoms with Crippen LogP contribution in [0.4, 0.5) is 8.78 Å². The number of ether oxygens (including phenoxy) is 2. The number of carbonyl (C=O) groups is 2. The number of fused-ring (bicyclic) bond motifs is 2. The second kappa shape index (κ2) is 11.0. The Balaban J connectivity index is 1.74. The van der Waals surface area contributed by atoms with E-state index in [1.54, 1.807) is 48.5 Å². The Kier molecular flexibility index (Phi) is 8.47. The molecule has 1 aliphatic rings. The molecule has 194 valence electrons. The highest BCUT2D eigenvalue weighted by Gasteiger charge is 2.43. The molecule has 7 nitrogen and oxygen atoms in total. The normalized spacial score (nSPS) is 16.9. The summed E-state index contributed by atoms with van der Waals surface area (Å²) in [6, 6.07) is 16.6. The second-order valence-corrected chi connectivity index (χ2v) is 13.0. The lowest BCUT2D eigenvalue weighted by Gasteiger charge is -2.32. The molecular weight excluding hydrogens is 851 g/mol. The van der Waals surface area contributed by atoms with Gasteiger partial charge in [0.1, 0.15) is 11.8 Å². The standard InChI is InChI=1S/C24H15F2I3O7S/c25-24(26,37(32,33)34)11-35-22(30)19-13-5-1-3-7-15(13)20(16-8-4-2-6-14(16)19)23(31)36-21-17(28)9-12(27)10-18(21)29/h1-10,19-20H,11H2,(H,32,33,34)/p-1. The van der Waals surface area contributed by atoms with Crippen molar-refractivity contribution in [3.63, 3.8) is 0 Å². The Morgan fingerprint density at radius 1 is 0.838 bits per heavy atom. The zero-order valence-corrected chi connectivity index (χ0v) is 25.6. The molecule has 0 spiro atoms. The van der Waals surface area contributed by atoms with E-state index in [1.807, 2.05) is 12.1 Å². The Bertz CT molecular complexity index is 1440. The molecular formula is C24H14F2I3O7S-. The highest BCUT2D eigenvalue weighted by molar-refractivity contribution is 14.1. The van der Waals surface area contributed by atoms with Gasteiger partial charge in [-0.1, -0.05) is 48.5 Å². The minimum Gasteiger partial charge on any atom is -0.743 e. The maximum Gasteiger partial charge on any atom is 0.367 e. The van der Waals surface area contributed by atoms with E-state index in [0.29, 0.717) is 28.0 Å². The van der Waals surface area contributed by atoms with Crippen molar-refractivity contribution in [2.45, 2.75) is 17.1 Å². The van der Waals surface area contributed by atoms with E-state index in [9.17, 15) is 31.3 Å². The van der Waals surface area contributed by atoms with Gasteiger partial charge in [0.2, 0.25) is 0 Å². The van der Waals surface area contributed by atoms with Gasteiger partial charge in [0.15, 0.2) is 22.5 Å². The van der Waals surface area contributed by atoms with Crippen molar-refractivity contribution in [3.8, 4) is 5.75 Å². The fraction of sp³-hybridized carbons (Fsp3) is 0.167. The number of hydrogen-bond donors (Lipinski definition) is 0. The maximum absolute atomic E-state index is 13.7. The van der Waals surface area contributed by atoms with Crippen LogP contribution in [0.2, 0.25) is 0 Å². The predicted molar refractivity (Wildman–Crippen MR) is 152 cm³/mol. The zero-order chi connectivity index (χ0) is 27.1. The van der Waals surface area contributed by atoms with Gasteiger partial charge in [-0.2, -0.15) is 8.78 Å². The number of alkyl halides is 2. The smallest absolute Gasteiger partial charge is 0.367 e. The molecule has 0 bridgehead atoms. The van der Waals surface area contributed by atoms with Crippen molar-refractivity contribution in [1.29, 1.82) is 0 Å². The van der Waals surface area contributed by atoms with Crippen molar-refractivity contribution in [1.82, 2.24) is 0 Å². The fourth-order valence-corrected chi connectivity index (χ4v) is 8.02. The topological polar surface area (TPSA) is 110 Å². The number of halogens is 5. The minimum atomic E-state index is -6.03. The summed E-state index contributed by atoms with van der Waals surface area (Å²) in [5.41, 5.74) is 1.45. The highest BCUT2D eigenvalue weighted by atomic mass is 127. The maximum atomic E-state index is 13.7.